The molecule has 2 aliphatic rings. The fourth-order valence-corrected chi connectivity index (χ4v) is 4.62. The molecular weight excluding hydrogens is 399 g/mol. The van der Waals surface area contributed by atoms with E-state index in [-0.39, 0.29) is 17.9 Å². The Hall–Kier alpha value is -2.74. The zero-order valence-electron chi connectivity index (χ0n) is 18.1. The van der Waals surface area contributed by atoms with E-state index in [1.807, 2.05) is 24.7 Å². The van der Waals surface area contributed by atoms with Crippen molar-refractivity contribution in [1.82, 2.24) is 14.5 Å². The fraction of sp³-hybridized carbons (Fsp3) is 0.522. The molecule has 0 radical (unpaired) electrons. The number of aryl methyl sites for hydroxylation is 1. The van der Waals surface area contributed by atoms with Crippen molar-refractivity contribution < 1.29 is 18.8 Å². The van der Waals surface area contributed by atoms with Crippen molar-refractivity contribution in [2.24, 2.45) is 17.6 Å². The van der Waals surface area contributed by atoms with Gasteiger partial charge in [-0.3, -0.25) is 9.69 Å². The fourth-order valence-electron chi connectivity index (χ4n) is 4.62. The zero-order valence-corrected chi connectivity index (χ0v) is 18.1. The van der Waals surface area contributed by atoms with Crippen molar-refractivity contribution in [2.45, 2.75) is 45.3 Å². The highest BCUT2D eigenvalue weighted by Gasteiger charge is 2.46. The number of nitrogens with zero attached hydrogens (tertiary/aromatic N) is 4. The summed E-state index contributed by atoms with van der Waals surface area (Å²) in [4.78, 5) is 25.3. The van der Waals surface area contributed by atoms with Gasteiger partial charge in [0.2, 0.25) is 0 Å². The van der Waals surface area contributed by atoms with E-state index in [0.29, 0.717) is 26.0 Å². The van der Waals surface area contributed by atoms with E-state index in [1.54, 1.807) is 18.5 Å². The number of imidazole rings is 1. The van der Waals surface area contributed by atoms with E-state index in [1.165, 1.54) is 12.1 Å². The quantitative estimate of drug-likeness (QED) is 0.633. The molecule has 1 fully saturated rings. The number of carbonyl (C=O) groups excluding carboxylic acids is 1. The molecule has 0 spiro atoms. The second-order valence-corrected chi connectivity index (χ2v) is 8.49. The smallest absolute Gasteiger partial charge is 0.313 e. The van der Waals surface area contributed by atoms with Crippen LogP contribution in [-0.2, 0) is 28.0 Å². The average Bonchev–Trinajstić information content (AvgIpc) is 3.38. The van der Waals surface area contributed by atoms with E-state index in [4.69, 9.17) is 9.57 Å². The van der Waals surface area contributed by atoms with Crippen molar-refractivity contribution in [3.8, 4) is 0 Å². The number of oxime groups is 1. The second-order valence-electron chi connectivity index (χ2n) is 8.49. The number of hydrogen-bond donors (Lipinski definition) is 0. The van der Waals surface area contributed by atoms with Crippen molar-refractivity contribution in [3.05, 3.63) is 53.9 Å². The van der Waals surface area contributed by atoms with Crippen molar-refractivity contribution in [2.75, 3.05) is 19.7 Å². The van der Waals surface area contributed by atoms with Gasteiger partial charge in [0.15, 0.2) is 0 Å². The molecule has 3 heterocycles. The molecule has 0 bridgehead atoms. The van der Waals surface area contributed by atoms with Crippen LogP contribution in [0, 0.1) is 11.2 Å². The third-order valence-corrected chi connectivity index (χ3v) is 6.20. The van der Waals surface area contributed by atoms with Gasteiger partial charge in [-0.25, -0.2) is 9.37 Å². The van der Waals surface area contributed by atoms with Crippen LogP contribution in [0.1, 0.15) is 43.9 Å². The zero-order chi connectivity index (χ0) is 21.8. The van der Waals surface area contributed by atoms with E-state index in [2.05, 4.69) is 15.0 Å². The van der Waals surface area contributed by atoms with Crippen LogP contribution in [0.4, 0.5) is 4.39 Å². The van der Waals surface area contributed by atoms with Crippen LogP contribution in [-0.4, -0.2) is 51.9 Å². The average molecular weight is 429 g/mol. The first-order valence-electron chi connectivity index (χ1n) is 10.8. The van der Waals surface area contributed by atoms with E-state index >= 15 is 0 Å². The summed E-state index contributed by atoms with van der Waals surface area (Å²) in [5.74, 6) is -0.444. The number of likely N-dealkylation sites (tertiary alicyclic amines) is 1. The third-order valence-electron chi connectivity index (χ3n) is 6.20. The summed E-state index contributed by atoms with van der Waals surface area (Å²) in [7, 11) is 1.98. The lowest BCUT2D eigenvalue weighted by atomic mass is 9.74. The van der Waals surface area contributed by atoms with Gasteiger partial charge in [-0.15, -0.1) is 0 Å². The maximum absolute atomic E-state index is 13.2. The number of rotatable bonds is 7. The molecule has 31 heavy (non-hydrogen) atoms. The minimum Gasteiger partial charge on any atom is -0.466 e. The molecule has 1 aromatic carbocycles. The lowest BCUT2D eigenvalue weighted by Crippen LogP contribution is -2.50. The highest BCUT2D eigenvalue weighted by atomic mass is 19.1. The lowest BCUT2D eigenvalue weighted by molar-refractivity contribution is -0.162. The molecule has 2 aromatic rings. The molecule has 1 saturated heterocycles. The van der Waals surface area contributed by atoms with Gasteiger partial charge in [-0.05, 0) is 44.0 Å². The number of aromatic nitrogens is 2. The number of esters is 1. The maximum atomic E-state index is 13.2. The van der Waals surface area contributed by atoms with E-state index < -0.39 is 5.41 Å². The predicted octanol–water partition coefficient (Wildman–Crippen LogP) is 3.29. The molecule has 0 unspecified atom stereocenters. The summed E-state index contributed by atoms with van der Waals surface area (Å²) in [6.07, 6.45) is 6.26. The first-order valence-corrected chi connectivity index (χ1v) is 10.8. The molecule has 0 N–H and O–H groups in total. The van der Waals surface area contributed by atoms with Crippen LogP contribution in [0.25, 0.3) is 0 Å². The summed E-state index contributed by atoms with van der Waals surface area (Å²) in [5, 5.41) is 4.23. The van der Waals surface area contributed by atoms with Crippen LogP contribution in [0.3, 0.4) is 0 Å². The topological polar surface area (TPSA) is 69.0 Å². The summed E-state index contributed by atoms with van der Waals surface area (Å²) in [5.41, 5.74) is 2.10. The maximum Gasteiger partial charge on any atom is 0.313 e. The molecule has 166 valence electrons. The number of ether oxygens (including phenoxy) is 1. The van der Waals surface area contributed by atoms with Crippen LogP contribution in [0.2, 0.25) is 0 Å². The molecule has 0 saturated carbocycles. The van der Waals surface area contributed by atoms with E-state index in [9.17, 15) is 9.18 Å². The van der Waals surface area contributed by atoms with Gasteiger partial charge >= 0.3 is 5.97 Å². The van der Waals surface area contributed by atoms with Crippen LogP contribution < -0.4 is 0 Å². The van der Waals surface area contributed by atoms with Crippen LogP contribution in [0.5, 0.6) is 0 Å². The lowest BCUT2D eigenvalue weighted by Gasteiger charge is -2.41. The van der Waals surface area contributed by atoms with Crippen LogP contribution >= 0.6 is 0 Å². The predicted molar refractivity (Wildman–Crippen MR) is 114 cm³/mol. The second kappa shape index (κ2) is 9.18. The van der Waals surface area contributed by atoms with Gasteiger partial charge in [0, 0.05) is 39.2 Å². The molecular formula is C23H29FN4O3. The minimum absolute atomic E-state index is 0.163. The summed E-state index contributed by atoms with van der Waals surface area (Å²) >= 11 is 0. The Morgan fingerprint density at radius 2 is 2.16 bits per heavy atom. The van der Waals surface area contributed by atoms with Gasteiger partial charge in [-0.1, -0.05) is 17.3 Å². The molecule has 7 nitrogen and oxygen atoms in total. The molecule has 2 aliphatic heterocycles. The Morgan fingerprint density at radius 3 is 2.87 bits per heavy atom. The Balaban J connectivity index is 1.47. The van der Waals surface area contributed by atoms with Gasteiger partial charge in [-0.2, -0.15) is 0 Å². The normalized spacial score (nSPS) is 24.0. The van der Waals surface area contributed by atoms with Gasteiger partial charge in [0.05, 0.1) is 29.8 Å². The Morgan fingerprint density at radius 1 is 1.35 bits per heavy atom. The SMILES string of the molecule is CCOC(=O)[C@]1(C[C@H]2CC(c3ccc(F)cc3)=NO2)CCCN(Cc2cncn2C)C1. The molecule has 2 atom stereocenters. The van der Waals surface area contributed by atoms with Crippen molar-refractivity contribution in [3.63, 3.8) is 0 Å². The largest absolute Gasteiger partial charge is 0.466 e. The van der Waals surface area contributed by atoms with Crippen LogP contribution in [0.15, 0.2) is 41.9 Å². The number of halogens is 1. The van der Waals surface area contributed by atoms with Crippen molar-refractivity contribution in [1.29, 1.82) is 0 Å². The Labute approximate surface area is 181 Å². The highest BCUT2D eigenvalue weighted by molar-refractivity contribution is 6.01. The Bertz CT molecular complexity index is 943. The standard InChI is InChI=1S/C23H29FN4O3/c1-3-30-22(29)23(9-4-10-28(15-23)14-19-13-25-16-27(19)2)12-20-11-21(26-31-20)17-5-7-18(24)8-6-17/h5-8,13,16,20H,3-4,9-12,14-15H2,1-2H3/t20-,23+/m1/s1. The van der Waals surface area contributed by atoms with Crippen molar-refractivity contribution >= 4 is 11.7 Å². The first-order chi connectivity index (χ1) is 15.0. The molecule has 4 rings (SSSR count). The number of piperidine rings is 1. The number of carbonyl (C=O) groups is 1. The highest BCUT2D eigenvalue weighted by Crippen LogP contribution is 2.39. The molecule has 1 aromatic heterocycles. The summed E-state index contributed by atoms with van der Waals surface area (Å²) in [6, 6.07) is 6.25. The first kappa shape index (κ1) is 21.5. The number of hydrogen-bond acceptors (Lipinski definition) is 6. The monoisotopic (exact) mass is 428 g/mol. The molecule has 0 amide bonds. The Kier molecular flexibility index (Phi) is 6.36. The summed E-state index contributed by atoms with van der Waals surface area (Å²) < 4.78 is 20.7. The van der Waals surface area contributed by atoms with Gasteiger partial charge < -0.3 is 14.1 Å². The van der Waals surface area contributed by atoms with E-state index in [0.717, 1.165) is 42.9 Å². The minimum atomic E-state index is -0.634. The molecule has 8 heteroatoms. The van der Waals surface area contributed by atoms with Gasteiger partial charge in [0.25, 0.3) is 0 Å². The number of benzene rings is 1. The van der Waals surface area contributed by atoms with Gasteiger partial charge in [0.1, 0.15) is 11.9 Å². The third kappa shape index (κ3) is 4.79. The molecule has 0 aliphatic carbocycles. The summed E-state index contributed by atoms with van der Waals surface area (Å²) in [6.45, 7) is 4.47.